The Morgan fingerprint density at radius 1 is 0.388 bits per heavy atom. The van der Waals surface area contributed by atoms with E-state index in [1.165, 1.54) is 106 Å². The molecule has 0 aromatic heterocycles. The van der Waals surface area contributed by atoms with Crippen LogP contribution >= 0.6 is 0 Å². The summed E-state index contributed by atoms with van der Waals surface area (Å²) >= 11 is 0. The standard InChI is InChI=1S/C48H35N/c1-31-36(22-11-27-49)37-14-2-3-15-38(37)45-25-23-34(29-47(31)45)32-12-10-13-33(28-32)35-24-26-46-43-20-7-6-18-41(43)39-16-4-5-17-40(39)42-19-8-9-21-44(42)48(46)30-35/h2-10,12-21,23-30,49H,11,22H2,1H3. The summed E-state index contributed by atoms with van der Waals surface area (Å²) < 4.78 is 0. The van der Waals surface area contributed by atoms with E-state index in [4.69, 9.17) is 5.41 Å². The lowest BCUT2D eigenvalue weighted by Gasteiger charge is -2.23. The Morgan fingerprint density at radius 2 is 0.837 bits per heavy atom. The van der Waals surface area contributed by atoms with Gasteiger partial charge in [-0.15, -0.1) is 0 Å². The Labute approximate surface area is 287 Å². The molecule has 0 bridgehead atoms. The van der Waals surface area contributed by atoms with Gasteiger partial charge in [-0.25, -0.2) is 0 Å². The summed E-state index contributed by atoms with van der Waals surface area (Å²) in [5.41, 5.74) is 17.6. The Hall–Kier alpha value is -6.05. The van der Waals surface area contributed by atoms with E-state index in [0.29, 0.717) is 0 Å². The molecule has 0 fully saturated rings. The van der Waals surface area contributed by atoms with Crippen molar-refractivity contribution in [2.24, 2.45) is 0 Å². The first-order chi connectivity index (χ1) is 24.2. The second kappa shape index (κ2) is 11.9. The molecule has 0 atom stereocenters. The van der Waals surface area contributed by atoms with Gasteiger partial charge < -0.3 is 5.41 Å². The van der Waals surface area contributed by atoms with Crippen LogP contribution in [0.4, 0.5) is 0 Å². The normalized spacial score (nSPS) is 11.6. The number of benzene rings is 8. The topological polar surface area (TPSA) is 23.9 Å². The van der Waals surface area contributed by atoms with E-state index in [0.717, 1.165) is 12.8 Å². The van der Waals surface area contributed by atoms with Gasteiger partial charge >= 0.3 is 0 Å². The van der Waals surface area contributed by atoms with Gasteiger partial charge in [0.2, 0.25) is 0 Å². The zero-order valence-electron chi connectivity index (χ0n) is 27.5. The first kappa shape index (κ1) is 29.1. The highest BCUT2D eigenvalue weighted by Gasteiger charge is 2.22. The van der Waals surface area contributed by atoms with Crippen molar-refractivity contribution < 1.29 is 0 Å². The average Bonchev–Trinajstić information content (AvgIpc) is 3.17. The third kappa shape index (κ3) is 4.81. The molecule has 0 aliphatic heterocycles. The highest BCUT2D eigenvalue weighted by atomic mass is 14.3. The van der Waals surface area contributed by atoms with E-state index >= 15 is 0 Å². The van der Waals surface area contributed by atoms with Crippen molar-refractivity contribution in [2.45, 2.75) is 19.8 Å². The fourth-order valence-corrected chi connectivity index (χ4v) is 8.07. The second-order valence-corrected chi connectivity index (χ2v) is 13.1. The van der Waals surface area contributed by atoms with E-state index in [2.05, 4.69) is 165 Å². The fourth-order valence-electron chi connectivity index (χ4n) is 8.07. The van der Waals surface area contributed by atoms with Crippen LogP contribution in [0, 0.1) is 12.3 Å². The Morgan fingerprint density at radius 3 is 1.43 bits per heavy atom. The molecule has 0 amide bonds. The van der Waals surface area contributed by atoms with Gasteiger partial charge in [0.05, 0.1) is 0 Å². The molecule has 0 saturated carbocycles. The molecule has 1 aliphatic carbocycles. The van der Waals surface area contributed by atoms with E-state index in [9.17, 15) is 0 Å². The van der Waals surface area contributed by atoms with E-state index in [-0.39, 0.29) is 0 Å². The smallest absolute Gasteiger partial charge is 0.00444 e. The van der Waals surface area contributed by atoms with Crippen LogP contribution in [-0.4, -0.2) is 6.21 Å². The van der Waals surface area contributed by atoms with E-state index in [1.807, 2.05) is 0 Å². The third-order valence-electron chi connectivity index (χ3n) is 10.4. The van der Waals surface area contributed by atoms with Gasteiger partial charge in [-0.1, -0.05) is 140 Å². The van der Waals surface area contributed by atoms with Crippen molar-refractivity contribution in [3.63, 3.8) is 0 Å². The summed E-state index contributed by atoms with van der Waals surface area (Å²) in [6, 6.07) is 58.1. The minimum atomic E-state index is 0.751. The van der Waals surface area contributed by atoms with Gasteiger partial charge in [0.25, 0.3) is 0 Å². The zero-order chi connectivity index (χ0) is 32.9. The van der Waals surface area contributed by atoms with E-state index in [1.54, 1.807) is 0 Å². The van der Waals surface area contributed by atoms with Crippen LogP contribution in [0.3, 0.4) is 0 Å². The lowest BCUT2D eigenvalue weighted by atomic mass is 9.80. The van der Waals surface area contributed by atoms with Gasteiger partial charge in [0.1, 0.15) is 0 Å². The average molecular weight is 626 g/mol. The molecule has 1 aliphatic rings. The van der Waals surface area contributed by atoms with Crippen molar-refractivity contribution in [1.29, 1.82) is 5.41 Å². The monoisotopic (exact) mass is 625 g/mol. The van der Waals surface area contributed by atoms with Gasteiger partial charge in [-0.05, 0) is 144 Å². The highest BCUT2D eigenvalue weighted by Crippen LogP contribution is 2.48. The zero-order valence-corrected chi connectivity index (χ0v) is 27.5. The molecular formula is C48H35N. The van der Waals surface area contributed by atoms with Gasteiger partial charge in [0.15, 0.2) is 0 Å². The van der Waals surface area contributed by atoms with Crippen LogP contribution in [0.25, 0.3) is 88.3 Å². The maximum absolute atomic E-state index is 7.68. The van der Waals surface area contributed by atoms with Gasteiger partial charge in [0, 0.05) is 0 Å². The summed E-state index contributed by atoms with van der Waals surface area (Å²) in [5, 5.41) is 12.8. The van der Waals surface area contributed by atoms with Crippen molar-refractivity contribution in [3.8, 4) is 66.8 Å². The first-order valence-electron chi connectivity index (χ1n) is 17.2. The van der Waals surface area contributed by atoms with Crippen LogP contribution < -0.4 is 0 Å². The molecule has 49 heavy (non-hydrogen) atoms. The summed E-state index contributed by atoms with van der Waals surface area (Å²) in [5.74, 6) is 0. The van der Waals surface area contributed by atoms with Crippen LogP contribution in [0.2, 0.25) is 0 Å². The Bertz CT molecular complexity index is 2580. The highest BCUT2D eigenvalue weighted by molar-refractivity contribution is 6.12. The molecule has 1 N–H and O–H groups in total. The maximum Gasteiger partial charge on any atom is -0.00444 e. The second-order valence-electron chi connectivity index (χ2n) is 13.1. The minimum absolute atomic E-state index is 0.751. The number of hydrogen-bond donors (Lipinski definition) is 1. The van der Waals surface area contributed by atoms with Crippen LogP contribution in [0.1, 0.15) is 17.5 Å². The maximum atomic E-state index is 7.68. The molecule has 8 aromatic carbocycles. The quantitative estimate of drug-likeness (QED) is 0.145. The number of fused-ring (bicyclic) bond motifs is 11. The van der Waals surface area contributed by atoms with Crippen molar-refractivity contribution in [2.75, 3.05) is 0 Å². The van der Waals surface area contributed by atoms with Crippen molar-refractivity contribution in [1.82, 2.24) is 0 Å². The molecule has 0 spiro atoms. The molecular weight excluding hydrogens is 591 g/mol. The van der Waals surface area contributed by atoms with Crippen LogP contribution in [0.15, 0.2) is 158 Å². The number of aryl methyl sites for hydroxylation is 2. The summed E-state index contributed by atoms with van der Waals surface area (Å²) in [7, 11) is 0. The van der Waals surface area contributed by atoms with Gasteiger partial charge in [-0.2, -0.15) is 0 Å². The molecule has 9 rings (SSSR count). The summed E-state index contributed by atoms with van der Waals surface area (Å²) in [6.07, 6.45) is 3.16. The largest absolute Gasteiger partial charge is 0.313 e. The van der Waals surface area contributed by atoms with Crippen LogP contribution in [-0.2, 0) is 6.42 Å². The lowest BCUT2D eigenvalue weighted by Crippen LogP contribution is -1.97. The molecule has 0 unspecified atom stereocenters. The number of rotatable bonds is 5. The lowest BCUT2D eigenvalue weighted by molar-refractivity contribution is 1.05. The summed E-state index contributed by atoms with van der Waals surface area (Å²) in [4.78, 5) is 0. The van der Waals surface area contributed by atoms with Gasteiger partial charge in [-0.3, -0.25) is 0 Å². The first-order valence-corrected chi connectivity index (χ1v) is 17.2. The third-order valence-corrected chi connectivity index (χ3v) is 10.4. The molecule has 8 aromatic rings. The SMILES string of the molecule is Cc1c(CCC=N)c2ccccc2c2ccc(-c3cccc(-c4ccc5c(c4)-c4ccccc4-c4ccccc4-c4ccccc4-5)c3)cc12. The predicted octanol–water partition coefficient (Wildman–Crippen LogP) is 13.2. The summed E-state index contributed by atoms with van der Waals surface area (Å²) in [6.45, 7) is 2.25. The molecule has 232 valence electrons. The van der Waals surface area contributed by atoms with Crippen molar-refractivity contribution in [3.05, 3.63) is 169 Å². The molecule has 0 radical (unpaired) electrons. The Kier molecular flexibility index (Phi) is 7.06. The van der Waals surface area contributed by atoms with E-state index < -0.39 is 0 Å². The Balaban J connectivity index is 1.19. The fraction of sp³-hybridized carbons (Fsp3) is 0.0625. The minimum Gasteiger partial charge on any atom is -0.313 e. The molecule has 1 nitrogen and oxygen atoms in total. The molecule has 1 heteroatoms. The van der Waals surface area contributed by atoms with Crippen molar-refractivity contribution >= 4 is 27.8 Å². The molecule has 0 heterocycles. The number of hydrogen-bond acceptors (Lipinski definition) is 1. The molecule has 0 saturated heterocycles. The predicted molar refractivity (Wildman–Crippen MR) is 209 cm³/mol. The number of nitrogens with one attached hydrogen (secondary N) is 1. The van der Waals surface area contributed by atoms with Crippen LogP contribution in [0.5, 0.6) is 0 Å².